The fourth-order valence-electron chi connectivity index (χ4n) is 1.53. The zero-order valence-electron chi connectivity index (χ0n) is 10.4. The molecule has 0 aromatic heterocycles. The van der Waals surface area contributed by atoms with E-state index in [1.54, 1.807) is 0 Å². The topological polar surface area (TPSA) is 47.3 Å². The molecule has 0 saturated carbocycles. The highest BCUT2D eigenvalue weighted by Gasteiger charge is 2.27. The quantitative estimate of drug-likeness (QED) is 0.359. The summed E-state index contributed by atoms with van der Waals surface area (Å²) >= 11 is 0. The first-order chi connectivity index (χ1) is 7.99. The van der Waals surface area contributed by atoms with Crippen molar-refractivity contribution >= 4 is 0 Å². The number of hydrazine groups is 1. The second kappa shape index (κ2) is 9.67. The Morgan fingerprint density at radius 1 is 1.18 bits per heavy atom. The Balaban J connectivity index is 3.49. The number of hydrogen-bond acceptors (Lipinski definition) is 3. The van der Waals surface area contributed by atoms with Crippen LogP contribution in [0.5, 0.6) is 0 Å². The van der Waals surface area contributed by atoms with Crippen molar-refractivity contribution in [3.8, 4) is 0 Å². The molecule has 0 rings (SSSR count). The molecule has 3 N–H and O–H groups in total. The number of halogens is 3. The normalized spacial score (nSPS) is 13.9. The van der Waals surface area contributed by atoms with Crippen LogP contribution in [0.2, 0.25) is 0 Å². The van der Waals surface area contributed by atoms with Gasteiger partial charge in [-0.25, -0.2) is 0 Å². The third-order valence-corrected chi connectivity index (χ3v) is 2.48. The first kappa shape index (κ1) is 16.7. The Morgan fingerprint density at radius 2 is 1.82 bits per heavy atom. The second-order valence-electron chi connectivity index (χ2n) is 4.20. The van der Waals surface area contributed by atoms with Crippen molar-refractivity contribution in [2.45, 2.75) is 57.7 Å². The van der Waals surface area contributed by atoms with E-state index in [0.717, 1.165) is 25.7 Å². The molecule has 0 fully saturated rings. The van der Waals surface area contributed by atoms with Crippen molar-refractivity contribution in [1.29, 1.82) is 0 Å². The van der Waals surface area contributed by atoms with Gasteiger partial charge in [-0.2, -0.15) is 13.2 Å². The Morgan fingerprint density at radius 3 is 2.35 bits per heavy atom. The Bertz CT molecular complexity index is 177. The van der Waals surface area contributed by atoms with Crippen LogP contribution in [-0.2, 0) is 4.74 Å². The van der Waals surface area contributed by atoms with E-state index in [4.69, 9.17) is 5.84 Å². The molecule has 6 heteroatoms. The highest BCUT2D eigenvalue weighted by atomic mass is 19.4. The van der Waals surface area contributed by atoms with Gasteiger partial charge in [0.2, 0.25) is 0 Å². The monoisotopic (exact) mass is 256 g/mol. The van der Waals surface area contributed by atoms with Gasteiger partial charge in [-0.3, -0.25) is 11.3 Å². The molecule has 17 heavy (non-hydrogen) atoms. The Hall–Kier alpha value is -0.330. The van der Waals surface area contributed by atoms with Crippen LogP contribution in [0.1, 0.15) is 45.4 Å². The van der Waals surface area contributed by atoms with Crippen LogP contribution in [0, 0.1) is 0 Å². The molecule has 0 bridgehead atoms. The van der Waals surface area contributed by atoms with Crippen LogP contribution >= 0.6 is 0 Å². The fraction of sp³-hybridized carbons (Fsp3) is 1.00. The first-order valence-corrected chi connectivity index (χ1v) is 6.10. The molecular formula is C11H23F3N2O. The molecule has 104 valence electrons. The summed E-state index contributed by atoms with van der Waals surface area (Å²) in [4.78, 5) is 0. The third-order valence-electron chi connectivity index (χ3n) is 2.48. The molecule has 0 aliphatic heterocycles. The molecule has 0 aromatic rings. The smallest absolute Gasteiger partial charge is 0.370 e. The second-order valence-corrected chi connectivity index (χ2v) is 4.20. The van der Waals surface area contributed by atoms with Gasteiger partial charge in [0, 0.05) is 6.04 Å². The van der Waals surface area contributed by atoms with Gasteiger partial charge < -0.3 is 4.74 Å². The van der Waals surface area contributed by atoms with Crippen molar-refractivity contribution in [2.75, 3.05) is 13.2 Å². The maximum Gasteiger partial charge on any atom is 0.411 e. The molecular weight excluding hydrogens is 233 g/mol. The van der Waals surface area contributed by atoms with Gasteiger partial charge >= 0.3 is 6.18 Å². The average molecular weight is 256 g/mol. The molecule has 3 nitrogen and oxygen atoms in total. The standard InChI is InChI=1S/C11H23F3N2O/c1-2-3-4-5-6-7-10(16-15)8-17-9-11(12,13)14/h10,16H,2-9,15H2,1H3. The lowest BCUT2D eigenvalue weighted by atomic mass is 10.1. The summed E-state index contributed by atoms with van der Waals surface area (Å²) in [7, 11) is 0. The molecule has 0 heterocycles. The highest BCUT2D eigenvalue weighted by Crippen LogP contribution is 2.15. The van der Waals surface area contributed by atoms with Crippen LogP contribution < -0.4 is 11.3 Å². The maximum atomic E-state index is 11.8. The van der Waals surface area contributed by atoms with E-state index in [0.29, 0.717) is 0 Å². The number of nitrogens with one attached hydrogen (secondary N) is 1. The van der Waals surface area contributed by atoms with Crippen molar-refractivity contribution in [1.82, 2.24) is 5.43 Å². The van der Waals surface area contributed by atoms with Crippen molar-refractivity contribution in [3.63, 3.8) is 0 Å². The molecule has 0 aliphatic carbocycles. The average Bonchev–Trinajstić information content (AvgIpc) is 2.25. The Labute approximate surface area is 101 Å². The molecule has 1 atom stereocenters. The van der Waals surface area contributed by atoms with E-state index in [-0.39, 0.29) is 12.6 Å². The van der Waals surface area contributed by atoms with Crippen molar-refractivity contribution < 1.29 is 17.9 Å². The summed E-state index contributed by atoms with van der Waals surface area (Å²) in [6.45, 7) is 0.931. The van der Waals surface area contributed by atoms with Gasteiger partial charge in [-0.1, -0.05) is 39.0 Å². The number of hydrogen-bond donors (Lipinski definition) is 2. The first-order valence-electron chi connectivity index (χ1n) is 6.10. The molecule has 0 spiro atoms. The van der Waals surface area contributed by atoms with Crippen molar-refractivity contribution in [3.05, 3.63) is 0 Å². The SMILES string of the molecule is CCCCCCCC(COCC(F)(F)F)NN. The van der Waals surface area contributed by atoms with Gasteiger partial charge in [0.25, 0.3) is 0 Å². The summed E-state index contributed by atoms with van der Waals surface area (Å²) in [6, 6.07) is -0.195. The predicted molar refractivity (Wildman–Crippen MR) is 61.4 cm³/mol. The minimum Gasteiger partial charge on any atom is -0.370 e. The Kier molecular flexibility index (Phi) is 9.49. The van der Waals surface area contributed by atoms with E-state index in [1.165, 1.54) is 12.8 Å². The summed E-state index contributed by atoms with van der Waals surface area (Å²) in [5.74, 6) is 5.25. The zero-order chi connectivity index (χ0) is 13.1. The number of rotatable bonds is 10. The van der Waals surface area contributed by atoms with E-state index in [1.807, 2.05) is 0 Å². The number of unbranched alkanes of at least 4 members (excludes halogenated alkanes) is 4. The van der Waals surface area contributed by atoms with Gasteiger partial charge in [-0.15, -0.1) is 0 Å². The maximum absolute atomic E-state index is 11.8. The van der Waals surface area contributed by atoms with E-state index in [2.05, 4.69) is 17.1 Å². The summed E-state index contributed by atoms with van der Waals surface area (Å²) < 4.78 is 40.0. The van der Waals surface area contributed by atoms with E-state index < -0.39 is 12.8 Å². The third kappa shape index (κ3) is 11.9. The van der Waals surface area contributed by atoms with Crippen LogP contribution in [0.15, 0.2) is 0 Å². The summed E-state index contributed by atoms with van der Waals surface area (Å²) in [6.07, 6.45) is 2.07. The lowest BCUT2D eigenvalue weighted by Crippen LogP contribution is -2.39. The molecule has 0 aromatic carbocycles. The zero-order valence-corrected chi connectivity index (χ0v) is 10.4. The van der Waals surface area contributed by atoms with Gasteiger partial charge in [-0.05, 0) is 6.42 Å². The molecule has 0 amide bonds. The highest BCUT2D eigenvalue weighted by molar-refractivity contribution is 4.63. The van der Waals surface area contributed by atoms with Gasteiger partial charge in [0.15, 0.2) is 0 Å². The van der Waals surface area contributed by atoms with Crippen molar-refractivity contribution in [2.24, 2.45) is 5.84 Å². The van der Waals surface area contributed by atoms with Crippen LogP contribution in [0.3, 0.4) is 0 Å². The fourth-order valence-corrected chi connectivity index (χ4v) is 1.53. The van der Waals surface area contributed by atoms with E-state index >= 15 is 0 Å². The largest absolute Gasteiger partial charge is 0.411 e. The molecule has 1 unspecified atom stereocenters. The summed E-state index contributed by atoms with van der Waals surface area (Å²) in [5, 5.41) is 0. The number of ether oxygens (including phenoxy) is 1. The minimum absolute atomic E-state index is 0.00376. The number of nitrogens with two attached hydrogens (primary N) is 1. The molecule has 0 aliphatic rings. The van der Waals surface area contributed by atoms with Crippen LogP contribution in [0.25, 0.3) is 0 Å². The predicted octanol–water partition coefficient (Wildman–Crippen LogP) is 2.76. The van der Waals surface area contributed by atoms with Crippen LogP contribution in [-0.4, -0.2) is 25.4 Å². The van der Waals surface area contributed by atoms with E-state index in [9.17, 15) is 13.2 Å². The molecule has 0 saturated heterocycles. The minimum atomic E-state index is -4.26. The van der Waals surface area contributed by atoms with Gasteiger partial charge in [0.05, 0.1) is 6.61 Å². The lowest BCUT2D eigenvalue weighted by Gasteiger charge is -2.16. The van der Waals surface area contributed by atoms with Gasteiger partial charge in [0.1, 0.15) is 6.61 Å². The molecule has 0 radical (unpaired) electrons. The summed E-state index contributed by atoms with van der Waals surface area (Å²) in [5.41, 5.74) is 2.49. The number of alkyl halides is 3. The van der Waals surface area contributed by atoms with Crippen LogP contribution in [0.4, 0.5) is 13.2 Å². The lowest BCUT2D eigenvalue weighted by molar-refractivity contribution is -0.175.